The predicted molar refractivity (Wildman–Crippen MR) is 149 cm³/mol. The number of anilines is 2. The number of aromatic nitrogens is 4. The summed E-state index contributed by atoms with van der Waals surface area (Å²) in [5, 5.41) is 14.0. The Bertz CT molecular complexity index is 1520. The van der Waals surface area contributed by atoms with Crippen LogP contribution in [-0.2, 0) is 0 Å². The fraction of sp³-hybridized carbons (Fsp3) is 0.414. The van der Waals surface area contributed by atoms with E-state index in [1.165, 1.54) is 18.5 Å². The lowest BCUT2D eigenvalue weighted by Gasteiger charge is -2.32. The smallest absolute Gasteiger partial charge is 0.324 e. The van der Waals surface area contributed by atoms with Crippen molar-refractivity contribution in [2.24, 2.45) is 0 Å². The Morgan fingerprint density at radius 3 is 2.55 bits per heavy atom. The molecule has 2 aromatic heterocycles. The van der Waals surface area contributed by atoms with Crippen LogP contribution in [0.3, 0.4) is 0 Å². The molecular formula is C29H32FN7O3. The summed E-state index contributed by atoms with van der Waals surface area (Å²) in [6.45, 7) is 6.91. The number of aliphatic hydroxyl groups excluding tert-OH is 1. The number of hydrogen-bond acceptors (Lipinski definition) is 8. The quantitative estimate of drug-likeness (QED) is 0.360. The Morgan fingerprint density at radius 1 is 1.07 bits per heavy atom. The van der Waals surface area contributed by atoms with Crippen molar-refractivity contribution in [1.82, 2.24) is 25.0 Å². The Balaban J connectivity index is 1.24. The molecule has 4 heterocycles. The van der Waals surface area contributed by atoms with Gasteiger partial charge in [0.05, 0.1) is 12.1 Å². The second kappa shape index (κ2) is 10.8. The van der Waals surface area contributed by atoms with E-state index in [4.69, 9.17) is 4.52 Å². The van der Waals surface area contributed by atoms with E-state index in [0.29, 0.717) is 47.8 Å². The van der Waals surface area contributed by atoms with Crippen LogP contribution in [0.1, 0.15) is 50.2 Å². The molecule has 0 spiro atoms. The lowest BCUT2D eigenvalue weighted by Crippen LogP contribution is -2.34. The summed E-state index contributed by atoms with van der Waals surface area (Å²) in [6, 6.07) is 10.4. The third-order valence-corrected chi connectivity index (χ3v) is 7.75. The standard InChI is InChI=1S/C29H32FN7O3/c1-18(2)28-33-26(34-40-28)20-7-9-35(10-8-20)27-24-16-21(30)15-23(25(24)31-17-32-27)19-3-5-22(6-4-19)37-12-11-36(13-14-38)29(37)39/h3-6,15-18,20,38H,7-14H2,1-2H3. The van der Waals surface area contributed by atoms with Gasteiger partial charge >= 0.3 is 6.03 Å². The van der Waals surface area contributed by atoms with Gasteiger partial charge in [0.15, 0.2) is 5.82 Å². The van der Waals surface area contributed by atoms with Crippen molar-refractivity contribution >= 4 is 28.4 Å². The predicted octanol–water partition coefficient (Wildman–Crippen LogP) is 4.56. The zero-order valence-electron chi connectivity index (χ0n) is 22.6. The molecule has 2 saturated heterocycles. The first-order valence-electron chi connectivity index (χ1n) is 13.7. The number of amides is 2. The Hall–Kier alpha value is -4.12. The SMILES string of the molecule is CC(C)c1nc(C2CCN(c3ncnc4c(-c5ccc(N6CCN(CCO)C6=O)cc5)cc(F)cc34)CC2)no1. The highest BCUT2D eigenvalue weighted by Gasteiger charge is 2.29. The van der Waals surface area contributed by atoms with Gasteiger partial charge in [0.2, 0.25) is 5.89 Å². The van der Waals surface area contributed by atoms with Gasteiger partial charge in [-0.25, -0.2) is 19.2 Å². The lowest BCUT2D eigenvalue weighted by atomic mass is 9.95. The van der Waals surface area contributed by atoms with Gasteiger partial charge in [-0.1, -0.05) is 31.1 Å². The number of piperidine rings is 1. The third-order valence-electron chi connectivity index (χ3n) is 7.75. The fourth-order valence-electron chi connectivity index (χ4n) is 5.56. The van der Waals surface area contributed by atoms with Crippen molar-refractivity contribution in [3.63, 3.8) is 0 Å². The van der Waals surface area contributed by atoms with Crippen LogP contribution in [0.15, 0.2) is 47.2 Å². The third kappa shape index (κ3) is 4.85. The van der Waals surface area contributed by atoms with E-state index in [-0.39, 0.29) is 30.3 Å². The summed E-state index contributed by atoms with van der Waals surface area (Å²) in [5.41, 5.74) is 2.90. The molecular weight excluding hydrogens is 513 g/mol. The van der Waals surface area contributed by atoms with E-state index in [0.717, 1.165) is 43.0 Å². The van der Waals surface area contributed by atoms with Gasteiger partial charge in [0.25, 0.3) is 0 Å². The summed E-state index contributed by atoms with van der Waals surface area (Å²) in [4.78, 5) is 31.8. The molecule has 0 bridgehead atoms. The molecule has 0 saturated carbocycles. The van der Waals surface area contributed by atoms with Crippen molar-refractivity contribution < 1.29 is 18.8 Å². The summed E-state index contributed by atoms with van der Waals surface area (Å²) in [7, 11) is 0. The van der Waals surface area contributed by atoms with Crippen LogP contribution in [0.4, 0.5) is 20.7 Å². The molecule has 2 fully saturated rings. The average Bonchev–Trinajstić information content (AvgIpc) is 3.61. The first kappa shape index (κ1) is 26.1. The van der Waals surface area contributed by atoms with Gasteiger partial charge in [0.1, 0.15) is 18.0 Å². The van der Waals surface area contributed by atoms with Crippen molar-refractivity contribution in [1.29, 1.82) is 0 Å². The number of rotatable bonds is 7. The van der Waals surface area contributed by atoms with Crippen LogP contribution < -0.4 is 9.80 Å². The van der Waals surface area contributed by atoms with Crippen molar-refractivity contribution in [3.8, 4) is 11.1 Å². The normalized spacial score (nSPS) is 16.6. The van der Waals surface area contributed by atoms with Gasteiger partial charge in [-0.15, -0.1) is 0 Å². The van der Waals surface area contributed by atoms with E-state index in [1.54, 1.807) is 9.80 Å². The van der Waals surface area contributed by atoms with Gasteiger partial charge < -0.3 is 19.4 Å². The topological polar surface area (TPSA) is 112 Å². The largest absolute Gasteiger partial charge is 0.395 e. The Labute approximate surface area is 231 Å². The Kier molecular flexibility index (Phi) is 7.05. The van der Waals surface area contributed by atoms with Crippen LogP contribution in [0, 0.1) is 5.82 Å². The molecule has 208 valence electrons. The maximum Gasteiger partial charge on any atom is 0.324 e. The minimum absolute atomic E-state index is 0.0645. The number of benzene rings is 2. The molecule has 0 radical (unpaired) electrons. The van der Waals surface area contributed by atoms with Gasteiger partial charge in [-0.2, -0.15) is 4.98 Å². The van der Waals surface area contributed by atoms with Gasteiger partial charge in [-0.3, -0.25) is 4.90 Å². The highest BCUT2D eigenvalue weighted by Crippen LogP contribution is 2.36. The molecule has 10 nitrogen and oxygen atoms in total. The van der Waals surface area contributed by atoms with Gasteiger partial charge in [0, 0.05) is 61.2 Å². The van der Waals surface area contributed by atoms with Crippen LogP contribution in [0.2, 0.25) is 0 Å². The van der Waals surface area contributed by atoms with Crippen LogP contribution in [-0.4, -0.2) is 75.5 Å². The van der Waals surface area contributed by atoms with E-state index in [1.807, 2.05) is 38.1 Å². The van der Waals surface area contributed by atoms with Crippen LogP contribution in [0.5, 0.6) is 0 Å². The van der Waals surface area contributed by atoms with Crippen molar-refractivity contribution in [2.75, 3.05) is 49.1 Å². The van der Waals surface area contributed by atoms with Crippen molar-refractivity contribution in [3.05, 3.63) is 60.3 Å². The fourth-order valence-corrected chi connectivity index (χ4v) is 5.56. The molecule has 40 heavy (non-hydrogen) atoms. The Morgan fingerprint density at radius 2 is 1.85 bits per heavy atom. The molecule has 2 amide bonds. The van der Waals surface area contributed by atoms with E-state index in [9.17, 15) is 14.3 Å². The molecule has 0 unspecified atom stereocenters. The minimum atomic E-state index is -0.361. The van der Waals surface area contributed by atoms with E-state index >= 15 is 0 Å². The zero-order valence-corrected chi connectivity index (χ0v) is 22.6. The highest BCUT2D eigenvalue weighted by molar-refractivity contribution is 6.00. The number of aliphatic hydroxyl groups is 1. The van der Waals surface area contributed by atoms with Crippen LogP contribution in [0.25, 0.3) is 22.0 Å². The number of fused-ring (bicyclic) bond motifs is 1. The number of hydrogen-bond donors (Lipinski definition) is 1. The number of carbonyl (C=O) groups is 1. The monoisotopic (exact) mass is 545 g/mol. The molecule has 1 N–H and O–H groups in total. The maximum atomic E-state index is 15.0. The van der Waals surface area contributed by atoms with Crippen molar-refractivity contribution in [2.45, 2.75) is 38.5 Å². The molecule has 2 aliphatic heterocycles. The molecule has 2 aliphatic rings. The number of β-amino-alcohol motifs (C(OH)–C–C–N with tert-alkyl or cyclic N) is 1. The van der Waals surface area contributed by atoms with E-state index in [2.05, 4.69) is 25.0 Å². The molecule has 2 aromatic carbocycles. The summed E-state index contributed by atoms with van der Waals surface area (Å²) >= 11 is 0. The number of halogens is 1. The molecule has 6 rings (SSSR count). The first-order chi connectivity index (χ1) is 19.4. The lowest BCUT2D eigenvalue weighted by molar-refractivity contribution is 0.199. The number of urea groups is 1. The maximum absolute atomic E-state index is 15.0. The van der Waals surface area contributed by atoms with Gasteiger partial charge in [-0.05, 0) is 42.7 Å². The summed E-state index contributed by atoms with van der Waals surface area (Å²) in [5.74, 6) is 2.17. The first-order valence-corrected chi connectivity index (χ1v) is 13.7. The average molecular weight is 546 g/mol. The molecule has 4 aromatic rings. The summed E-state index contributed by atoms with van der Waals surface area (Å²) < 4.78 is 20.4. The highest BCUT2D eigenvalue weighted by atomic mass is 19.1. The number of carbonyl (C=O) groups excluding carboxylic acids is 1. The zero-order chi connectivity index (χ0) is 27.8. The second-order valence-electron chi connectivity index (χ2n) is 10.6. The minimum Gasteiger partial charge on any atom is -0.395 e. The van der Waals surface area contributed by atoms with E-state index < -0.39 is 0 Å². The molecule has 0 atom stereocenters. The summed E-state index contributed by atoms with van der Waals surface area (Å²) in [6.07, 6.45) is 3.22. The molecule has 0 aliphatic carbocycles. The molecule has 11 heteroatoms. The second-order valence-corrected chi connectivity index (χ2v) is 10.6. The van der Waals surface area contributed by atoms with Crippen LogP contribution >= 0.6 is 0 Å². The number of nitrogens with zero attached hydrogens (tertiary/aromatic N) is 7.